The van der Waals surface area contributed by atoms with Gasteiger partial charge in [-0.05, 0) is 6.92 Å². The van der Waals surface area contributed by atoms with Crippen molar-refractivity contribution in [3.8, 4) is 0 Å². The van der Waals surface area contributed by atoms with E-state index in [1.807, 2.05) is 0 Å². The lowest BCUT2D eigenvalue weighted by molar-refractivity contribution is 0.547. The molecule has 0 bridgehead atoms. The number of rotatable bonds is 1. The quantitative estimate of drug-likeness (QED) is 0.682. The van der Waals surface area contributed by atoms with Gasteiger partial charge in [0.2, 0.25) is 0 Å². The first-order chi connectivity index (χ1) is 5.98. The first-order valence-electron chi connectivity index (χ1n) is 3.36. The van der Waals surface area contributed by atoms with Crippen LogP contribution in [0.2, 0.25) is 0 Å². The van der Waals surface area contributed by atoms with Crippen molar-refractivity contribution in [2.24, 2.45) is 0 Å². The second-order valence-corrected chi connectivity index (χ2v) is 5.04. The third kappa shape index (κ3) is 1.33. The molecule has 4 nitrogen and oxygen atoms in total. The molecule has 0 fully saturated rings. The van der Waals surface area contributed by atoms with Gasteiger partial charge in [-0.25, -0.2) is 4.98 Å². The van der Waals surface area contributed by atoms with Gasteiger partial charge in [-0.2, -0.15) is 8.42 Å². The predicted octanol–water partition coefficient (Wildman–Crippen LogP) is 1.36. The third-order valence-electron chi connectivity index (χ3n) is 1.54. The lowest BCUT2D eigenvalue weighted by atomic mass is 10.6. The number of hydrogen-bond donors (Lipinski definition) is 0. The van der Waals surface area contributed by atoms with E-state index in [2.05, 4.69) is 4.98 Å². The van der Waals surface area contributed by atoms with Gasteiger partial charge in [-0.3, -0.25) is 4.40 Å². The molecule has 0 aromatic carbocycles. The Morgan fingerprint density at radius 1 is 1.62 bits per heavy atom. The molecule has 0 aliphatic heterocycles. The zero-order chi connectivity index (χ0) is 9.64. The van der Waals surface area contributed by atoms with Crippen LogP contribution in [0.25, 0.3) is 4.96 Å². The Balaban J connectivity index is 2.84. The molecule has 13 heavy (non-hydrogen) atoms. The Morgan fingerprint density at radius 2 is 2.31 bits per heavy atom. The van der Waals surface area contributed by atoms with Gasteiger partial charge in [0.25, 0.3) is 0 Å². The van der Waals surface area contributed by atoms with Crippen LogP contribution in [-0.4, -0.2) is 17.8 Å². The number of nitrogens with zero attached hydrogens (tertiary/aromatic N) is 2. The monoisotopic (exact) mass is 220 g/mol. The van der Waals surface area contributed by atoms with Crippen molar-refractivity contribution < 1.29 is 12.3 Å². The summed E-state index contributed by atoms with van der Waals surface area (Å²) in [6.45, 7) is 1.80. The third-order valence-corrected chi connectivity index (χ3v) is 3.26. The fraction of sp³-hybridized carbons (Fsp3) is 0.167. The Labute approximate surface area is 77.9 Å². The highest BCUT2D eigenvalue weighted by Gasteiger charge is 2.18. The van der Waals surface area contributed by atoms with Gasteiger partial charge in [0, 0.05) is 11.1 Å². The summed E-state index contributed by atoms with van der Waals surface area (Å²) >= 11 is 1.31. The van der Waals surface area contributed by atoms with Crippen molar-refractivity contribution in [2.45, 2.75) is 11.9 Å². The van der Waals surface area contributed by atoms with Gasteiger partial charge < -0.3 is 0 Å². The van der Waals surface area contributed by atoms with E-state index in [0.29, 0.717) is 4.96 Å². The predicted molar refractivity (Wildman–Crippen MR) is 46.1 cm³/mol. The minimum Gasteiger partial charge on any atom is -0.279 e. The van der Waals surface area contributed by atoms with E-state index in [1.165, 1.54) is 15.7 Å². The van der Waals surface area contributed by atoms with E-state index in [1.54, 1.807) is 13.1 Å². The van der Waals surface area contributed by atoms with Crippen molar-refractivity contribution in [1.29, 1.82) is 0 Å². The lowest BCUT2D eigenvalue weighted by Crippen LogP contribution is -1.95. The van der Waals surface area contributed by atoms with Crippen molar-refractivity contribution in [2.75, 3.05) is 0 Å². The highest BCUT2D eigenvalue weighted by Crippen LogP contribution is 2.21. The molecule has 0 aliphatic carbocycles. The van der Waals surface area contributed by atoms with Gasteiger partial charge in [-0.15, -0.1) is 11.3 Å². The van der Waals surface area contributed by atoms with E-state index in [0.717, 1.165) is 11.1 Å². The fourth-order valence-electron chi connectivity index (χ4n) is 1.06. The highest BCUT2D eigenvalue weighted by atomic mass is 32.3. The molecule has 0 N–H and O–H groups in total. The van der Waals surface area contributed by atoms with Gasteiger partial charge in [-0.1, -0.05) is 3.89 Å². The van der Waals surface area contributed by atoms with E-state index in [4.69, 9.17) is 0 Å². The van der Waals surface area contributed by atoms with Crippen LogP contribution in [0, 0.1) is 6.92 Å². The molecule has 0 saturated carbocycles. The standard InChI is InChI=1S/C6H5FN2O2S2/c1-4-3-9-5(13(7,10)11)2-8-6(9)12-4/h2-3H,1H3. The molecule has 0 radical (unpaired) electrons. The zero-order valence-corrected chi connectivity index (χ0v) is 8.19. The molecule has 2 heterocycles. The minimum atomic E-state index is -4.67. The normalized spacial score (nSPS) is 12.5. The number of aryl methyl sites for hydroxylation is 1. The van der Waals surface area contributed by atoms with Crippen LogP contribution in [-0.2, 0) is 10.2 Å². The zero-order valence-electron chi connectivity index (χ0n) is 6.56. The number of thiazole rings is 1. The molecule has 0 spiro atoms. The summed E-state index contributed by atoms with van der Waals surface area (Å²) in [5, 5.41) is -0.410. The molecule has 7 heteroatoms. The van der Waals surface area contributed by atoms with Gasteiger partial charge >= 0.3 is 10.2 Å². The van der Waals surface area contributed by atoms with E-state index < -0.39 is 15.2 Å². The van der Waals surface area contributed by atoms with Crippen LogP contribution in [0.3, 0.4) is 0 Å². The van der Waals surface area contributed by atoms with Crippen LogP contribution in [0.4, 0.5) is 3.89 Å². The summed E-state index contributed by atoms with van der Waals surface area (Å²) < 4.78 is 35.0. The lowest BCUT2D eigenvalue weighted by Gasteiger charge is -1.88. The number of imidazole rings is 1. The Kier molecular flexibility index (Phi) is 1.67. The summed E-state index contributed by atoms with van der Waals surface area (Å²) in [6, 6.07) is 0. The molecule has 0 atom stereocenters. The molecular weight excluding hydrogens is 215 g/mol. The molecule has 0 unspecified atom stereocenters. The van der Waals surface area contributed by atoms with Crippen molar-refractivity contribution in [1.82, 2.24) is 9.38 Å². The van der Waals surface area contributed by atoms with Gasteiger partial charge in [0.05, 0.1) is 6.20 Å². The fourth-order valence-corrected chi connectivity index (χ4v) is 2.47. The maximum Gasteiger partial charge on any atom is 0.349 e. The van der Waals surface area contributed by atoms with E-state index in [-0.39, 0.29) is 0 Å². The highest BCUT2D eigenvalue weighted by molar-refractivity contribution is 7.86. The SMILES string of the molecule is Cc1cn2c(S(=O)(=O)F)cnc2s1. The van der Waals surface area contributed by atoms with Crippen molar-refractivity contribution >= 4 is 26.5 Å². The number of aromatic nitrogens is 2. The first-order valence-corrected chi connectivity index (χ1v) is 5.56. The summed E-state index contributed by atoms with van der Waals surface area (Å²) in [6.07, 6.45) is 2.56. The van der Waals surface area contributed by atoms with Crippen LogP contribution in [0.1, 0.15) is 4.88 Å². The van der Waals surface area contributed by atoms with Gasteiger partial charge in [0.1, 0.15) is 0 Å². The second kappa shape index (κ2) is 2.52. The summed E-state index contributed by atoms with van der Waals surface area (Å²) in [5.41, 5.74) is 0. The van der Waals surface area contributed by atoms with Crippen molar-refractivity contribution in [3.05, 3.63) is 17.3 Å². The molecule has 0 amide bonds. The molecule has 0 aliphatic rings. The van der Waals surface area contributed by atoms with Crippen LogP contribution in [0.5, 0.6) is 0 Å². The average molecular weight is 220 g/mol. The molecule has 2 aromatic rings. The van der Waals surface area contributed by atoms with Crippen LogP contribution >= 0.6 is 11.3 Å². The number of hydrogen-bond acceptors (Lipinski definition) is 4. The average Bonchev–Trinajstić information content (AvgIpc) is 2.41. The summed E-state index contributed by atoms with van der Waals surface area (Å²) in [7, 11) is -4.67. The smallest absolute Gasteiger partial charge is 0.279 e. The number of halogens is 1. The van der Waals surface area contributed by atoms with Gasteiger partial charge in [0.15, 0.2) is 9.99 Å². The minimum absolute atomic E-state index is 0.410. The Hall–Kier alpha value is -0.950. The Bertz CT molecular complexity index is 554. The second-order valence-electron chi connectivity index (χ2n) is 2.53. The molecular formula is C6H5FN2O2S2. The number of fused-ring (bicyclic) bond motifs is 1. The topological polar surface area (TPSA) is 51.4 Å². The van der Waals surface area contributed by atoms with Crippen LogP contribution < -0.4 is 0 Å². The van der Waals surface area contributed by atoms with Crippen LogP contribution in [0.15, 0.2) is 17.4 Å². The van der Waals surface area contributed by atoms with E-state index >= 15 is 0 Å². The molecule has 2 rings (SSSR count). The maximum absolute atomic E-state index is 12.6. The van der Waals surface area contributed by atoms with E-state index in [9.17, 15) is 12.3 Å². The summed E-state index contributed by atoms with van der Waals surface area (Å²) in [4.78, 5) is 5.13. The molecule has 2 aromatic heterocycles. The van der Waals surface area contributed by atoms with Crippen molar-refractivity contribution in [3.63, 3.8) is 0 Å². The largest absolute Gasteiger partial charge is 0.349 e. The summed E-state index contributed by atoms with van der Waals surface area (Å²) in [5.74, 6) is 0. The Morgan fingerprint density at radius 3 is 2.92 bits per heavy atom. The molecule has 0 saturated heterocycles. The maximum atomic E-state index is 12.6. The first kappa shape index (κ1) is 8.64. The molecule has 70 valence electrons.